The number of nitrogen functional groups attached to an aromatic ring is 1. The van der Waals surface area contributed by atoms with Crippen LogP contribution < -0.4 is 5.73 Å². The highest BCUT2D eigenvalue weighted by molar-refractivity contribution is 6.32. The van der Waals surface area contributed by atoms with Gasteiger partial charge in [0.1, 0.15) is 16.6 Å². The molecular formula is C9H8ClN3O. The predicted molar refractivity (Wildman–Crippen MR) is 54.7 cm³/mol. The fourth-order valence-electron chi connectivity index (χ4n) is 1.14. The average molecular weight is 210 g/mol. The Bertz CT molecular complexity index is 450. The summed E-state index contributed by atoms with van der Waals surface area (Å²) in [6.45, 7) is 0. The van der Waals surface area contributed by atoms with Gasteiger partial charge in [0.25, 0.3) is 0 Å². The van der Waals surface area contributed by atoms with Crippen molar-refractivity contribution < 1.29 is 5.11 Å². The van der Waals surface area contributed by atoms with E-state index >= 15 is 0 Å². The quantitative estimate of drug-likeness (QED) is 0.753. The molecule has 5 heteroatoms. The van der Waals surface area contributed by atoms with Gasteiger partial charge in [-0.25, -0.2) is 4.68 Å². The van der Waals surface area contributed by atoms with Gasteiger partial charge in [0.05, 0.1) is 11.9 Å². The van der Waals surface area contributed by atoms with Crippen molar-refractivity contribution in [2.24, 2.45) is 0 Å². The molecule has 0 aliphatic rings. The Morgan fingerprint density at radius 2 is 1.93 bits per heavy atom. The van der Waals surface area contributed by atoms with E-state index in [1.54, 1.807) is 24.3 Å². The number of anilines is 1. The van der Waals surface area contributed by atoms with Crippen molar-refractivity contribution in [1.29, 1.82) is 0 Å². The van der Waals surface area contributed by atoms with Crippen molar-refractivity contribution in [2.75, 3.05) is 5.73 Å². The van der Waals surface area contributed by atoms with E-state index in [1.165, 1.54) is 10.9 Å². The van der Waals surface area contributed by atoms with Gasteiger partial charge >= 0.3 is 0 Å². The van der Waals surface area contributed by atoms with Crippen LogP contribution in [0.3, 0.4) is 0 Å². The van der Waals surface area contributed by atoms with E-state index in [-0.39, 0.29) is 5.75 Å². The number of nitrogens with zero attached hydrogens (tertiary/aromatic N) is 2. The molecule has 72 valence electrons. The van der Waals surface area contributed by atoms with Crippen LogP contribution in [0.25, 0.3) is 5.69 Å². The van der Waals surface area contributed by atoms with Gasteiger partial charge in [-0.15, -0.1) is 0 Å². The van der Waals surface area contributed by atoms with E-state index in [9.17, 15) is 0 Å². The summed E-state index contributed by atoms with van der Waals surface area (Å²) in [6.07, 6.45) is 1.48. The number of benzene rings is 1. The first-order valence-electron chi connectivity index (χ1n) is 3.97. The standard InChI is InChI=1S/C9H8ClN3O/c10-8-5-12-13(9(8)11)6-1-3-7(14)4-2-6/h1-5,14H,11H2. The molecule has 0 saturated carbocycles. The molecule has 0 fully saturated rings. The fourth-order valence-corrected chi connectivity index (χ4v) is 1.26. The number of aromatic nitrogens is 2. The number of hydrogen-bond donors (Lipinski definition) is 2. The lowest BCUT2D eigenvalue weighted by Gasteiger charge is -2.03. The number of rotatable bonds is 1. The molecule has 0 unspecified atom stereocenters. The molecule has 0 bridgehead atoms. The van der Waals surface area contributed by atoms with Gasteiger partial charge in [-0.2, -0.15) is 5.10 Å². The van der Waals surface area contributed by atoms with Crippen molar-refractivity contribution in [3.8, 4) is 11.4 Å². The SMILES string of the molecule is Nc1c(Cl)cnn1-c1ccc(O)cc1. The smallest absolute Gasteiger partial charge is 0.146 e. The molecule has 3 N–H and O–H groups in total. The van der Waals surface area contributed by atoms with E-state index in [0.29, 0.717) is 10.8 Å². The zero-order valence-corrected chi connectivity index (χ0v) is 7.94. The van der Waals surface area contributed by atoms with Gasteiger partial charge in [0.2, 0.25) is 0 Å². The van der Waals surface area contributed by atoms with Crippen LogP contribution in [0, 0.1) is 0 Å². The molecule has 2 rings (SSSR count). The number of nitrogens with two attached hydrogens (primary N) is 1. The summed E-state index contributed by atoms with van der Waals surface area (Å²) in [5, 5.41) is 13.5. The average Bonchev–Trinajstić information content (AvgIpc) is 2.50. The summed E-state index contributed by atoms with van der Waals surface area (Å²) in [4.78, 5) is 0. The maximum atomic E-state index is 9.09. The Hall–Kier alpha value is -1.68. The summed E-state index contributed by atoms with van der Waals surface area (Å²) >= 11 is 5.75. The first-order chi connectivity index (χ1) is 6.68. The molecule has 1 aromatic carbocycles. The number of halogens is 1. The molecule has 0 amide bonds. The van der Waals surface area contributed by atoms with Gasteiger partial charge < -0.3 is 10.8 Å². The molecule has 0 radical (unpaired) electrons. The Morgan fingerprint density at radius 3 is 2.43 bits per heavy atom. The number of phenolic OH excluding ortho intramolecular Hbond substituents is 1. The van der Waals surface area contributed by atoms with Crippen molar-refractivity contribution >= 4 is 17.4 Å². The van der Waals surface area contributed by atoms with E-state index in [4.69, 9.17) is 22.4 Å². The largest absolute Gasteiger partial charge is 0.508 e. The molecule has 0 aliphatic carbocycles. The van der Waals surface area contributed by atoms with Crippen LogP contribution in [0.5, 0.6) is 5.75 Å². The summed E-state index contributed by atoms with van der Waals surface area (Å²) in [6, 6.07) is 6.53. The Morgan fingerprint density at radius 1 is 1.29 bits per heavy atom. The Kier molecular flexibility index (Phi) is 2.05. The normalized spacial score (nSPS) is 10.4. The lowest BCUT2D eigenvalue weighted by Crippen LogP contribution is -2.01. The van der Waals surface area contributed by atoms with E-state index in [1.807, 2.05) is 0 Å². The van der Waals surface area contributed by atoms with Gasteiger partial charge in [-0.05, 0) is 24.3 Å². The number of phenols is 1. The molecule has 0 atom stereocenters. The highest BCUT2D eigenvalue weighted by Crippen LogP contribution is 2.22. The second-order valence-corrected chi connectivity index (χ2v) is 3.21. The van der Waals surface area contributed by atoms with Crippen molar-refractivity contribution in [3.63, 3.8) is 0 Å². The number of aromatic hydroxyl groups is 1. The third-order valence-electron chi connectivity index (χ3n) is 1.85. The Labute approximate surface area is 85.5 Å². The maximum absolute atomic E-state index is 9.09. The summed E-state index contributed by atoms with van der Waals surface area (Å²) in [7, 11) is 0. The Balaban J connectivity index is 2.49. The summed E-state index contributed by atoms with van der Waals surface area (Å²) in [5.41, 5.74) is 6.44. The third kappa shape index (κ3) is 1.40. The van der Waals surface area contributed by atoms with Crippen LogP contribution in [0.2, 0.25) is 5.02 Å². The lowest BCUT2D eigenvalue weighted by atomic mass is 10.3. The first-order valence-corrected chi connectivity index (χ1v) is 4.34. The molecule has 1 aromatic heterocycles. The third-order valence-corrected chi connectivity index (χ3v) is 2.14. The zero-order valence-electron chi connectivity index (χ0n) is 7.18. The topological polar surface area (TPSA) is 64.1 Å². The fraction of sp³-hybridized carbons (Fsp3) is 0. The van der Waals surface area contributed by atoms with E-state index < -0.39 is 0 Å². The van der Waals surface area contributed by atoms with Crippen molar-refractivity contribution in [3.05, 3.63) is 35.5 Å². The first kappa shape index (κ1) is 8.90. The molecule has 2 aromatic rings. The second kappa shape index (κ2) is 3.23. The van der Waals surface area contributed by atoms with E-state index in [0.717, 1.165) is 5.69 Å². The minimum Gasteiger partial charge on any atom is -0.508 e. The van der Waals surface area contributed by atoms with Gasteiger partial charge in [0, 0.05) is 0 Å². The van der Waals surface area contributed by atoms with Crippen LogP contribution in [0.4, 0.5) is 5.82 Å². The van der Waals surface area contributed by atoms with E-state index in [2.05, 4.69) is 5.10 Å². The molecular weight excluding hydrogens is 202 g/mol. The highest BCUT2D eigenvalue weighted by atomic mass is 35.5. The number of hydrogen-bond acceptors (Lipinski definition) is 3. The second-order valence-electron chi connectivity index (χ2n) is 2.81. The molecule has 1 heterocycles. The van der Waals surface area contributed by atoms with Crippen molar-refractivity contribution in [1.82, 2.24) is 9.78 Å². The van der Waals surface area contributed by atoms with Crippen LogP contribution in [-0.2, 0) is 0 Å². The zero-order chi connectivity index (χ0) is 10.1. The van der Waals surface area contributed by atoms with Crippen molar-refractivity contribution in [2.45, 2.75) is 0 Å². The highest BCUT2D eigenvalue weighted by Gasteiger charge is 2.06. The molecule has 0 spiro atoms. The van der Waals surface area contributed by atoms with Gasteiger partial charge in [-0.3, -0.25) is 0 Å². The summed E-state index contributed by atoms with van der Waals surface area (Å²) < 4.78 is 1.50. The minimum atomic E-state index is 0.200. The molecule has 4 nitrogen and oxygen atoms in total. The predicted octanol–water partition coefficient (Wildman–Crippen LogP) is 1.81. The van der Waals surface area contributed by atoms with Crippen LogP contribution in [-0.4, -0.2) is 14.9 Å². The van der Waals surface area contributed by atoms with Gasteiger partial charge in [-0.1, -0.05) is 11.6 Å². The van der Waals surface area contributed by atoms with Crippen LogP contribution in [0.1, 0.15) is 0 Å². The summed E-state index contributed by atoms with van der Waals surface area (Å²) in [5.74, 6) is 0.586. The van der Waals surface area contributed by atoms with Crippen LogP contribution >= 0.6 is 11.6 Å². The lowest BCUT2D eigenvalue weighted by molar-refractivity contribution is 0.475. The van der Waals surface area contributed by atoms with Crippen LogP contribution in [0.15, 0.2) is 30.5 Å². The monoisotopic (exact) mass is 209 g/mol. The minimum absolute atomic E-state index is 0.200. The molecule has 14 heavy (non-hydrogen) atoms. The molecule has 0 saturated heterocycles. The van der Waals surface area contributed by atoms with Gasteiger partial charge in [0.15, 0.2) is 0 Å². The molecule has 0 aliphatic heterocycles. The maximum Gasteiger partial charge on any atom is 0.146 e.